The van der Waals surface area contributed by atoms with Gasteiger partial charge in [0.2, 0.25) is 11.8 Å². The molecule has 2 aromatic rings. The summed E-state index contributed by atoms with van der Waals surface area (Å²) >= 11 is 0.815. The molecule has 3 rings (SSSR count). The van der Waals surface area contributed by atoms with E-state index in [2.05, 4.69) is 10.1 Å². The van der Waals surface area contributed by atoms with Gasteiger partial charge in [0.25, 0.3) is 5.24 Å². The number of benzene rings is 2. The summed E-state index contributed by atoms with van der Waals surface area (Å²) < 4.78 is 4.69. The summed E-state index contributed by atoms with van der Waals surface area (Å²) in [7, 11) is 1.25. The third kappa shape index (κ3) is 4.01. The Hall–Kier alpha value is -3.13. The zero-order chi connectivity index (χ0) is 19.4. The molecule has 0 radical (unpaired) electrons. The van der Waals surface area contributed by atoms with E-state index in [0.717, 1.165) is 16.7 Å². The number of thioether (sulfide) groups is 1. The van der Waals surface area contributed by atoms with E-state index in [1.807, 2.05) is 0 Å². The second-order valence-corrected chi connectivity index (χ2v) is 6.83. The van der Waals surface area contributed by atoms with Crippen LogP contribution in [0.4, 0.5) is 16.2 Å². The molecule has 1 saturated heterocycles. The zero-order valence-electron chi connectivity index (χ0n) is 14.4. The zero-order valence-corrected chi connectivity index (χ0v) is 15.2. The number of methoxy groups -OCH3 is 1. The molecule has 1 N–H and O–H groups in total. The summed E-state index contributed by atoms with van der Waals surface area (Å²) in [6.45, 7) is 0. The minimum atomic E-state index is -0.817. The van der Waals surface area contributed by atoms with Crippen molar-refractivity contribution in [2.24, 2.45) is 0 Å². The number of hydrogen-bond donors (Lipinski definition) is 1. The number of nitrogens with one attached hydrogen (secondary N) is 1. The Bertz CT molecular complexity index is 900. The normalized spacial score (nSPS) is 16.3. The van der Waals surface area contributed by atoms with Crippen molar-refractivity contribution < 1.29 is 23.9 Å². The van der Waals surface area contributed by atoms with E-state index < -0.39 is 28.3 Å². The fourth-order valence-corrected chi connectivity index (χ4v) is 3.63. The summed E-state index contributed by atoms with van der Waals surface area (Å²) in [6, 6.07) is 15.0. The Morgan fingerprint density at radius 1 is 1.07 bits per heavy atom. The number of anilines is 2. The first-order chi connectivity index (χ1) is 13.0. The standard InChI is InChI=1S/C19H16N2O5S/c1-26-18(24)13-9-5-6-10-14(13)20-16(22)11-15-17(23)21(19(25)27-15)12-7-3-2-4-8-12/h2-10,15H,11H2,1H3,(H,20,22)/t15-/m0/s1. The molecule has 1 heterocycles. The largest absolute Gasteiger partial charge is 0.465 e. The molecule has 1 fully saturated rings. The summed E-state index contributed by atoms with van der Waals surface area (Å²) in [6.07, 6.45) is -0.186. The van der Waals surface area contributed by atoms with Crippen molar-refractivity contribution in [3.8, 4) is 0 Å². The van der Waals surface area contributed by atoms with Crippen LogP contribution in [0.25, 0.3) is 0 Å². The van der Waals surface area contributed by atoms with E-state index in [9.17, 15) is 19.2 Å². The lowest BCUT2D eigenvalue weighted by Crippen LogP contribution is -2.33. The summed E-state index contributed by atoms with van der Waals surface area (Å²) in [5, 5.41) is 1.37. The maximum absolute atomic E-state index is 12.6. The van der Waals surface area contributed by atoms with Gasteiger partial charge in [-0.3, -0.25) is 14.4 Å². The van der Waals surface area contributed by atoms with E-state index >= 15 is 0 Å². The molecule has 0 aliphatic carbocycles. The van der Waals surface area contributed by atoms with Crippen molar-refractivity contribution in [3.05, 3.63) is 60.2 Å². The second-order valence-electron chi connectivity index (χ2n) is 5.67. The SMILES string of the molecule is COC(=O)c1ccccc1NC(=O)C[C@@H]1SC(=O)N(c2ccccc2)C1=O. The predicted octanol–water partition coefficient (Wildman–Crippen LogP) is 3.07. The number of carbonyl (C=O) groups excluding carboxylic acids is 4. The molecule has 2 aromatic carbocycles. The lowest BCUT2D eigenvalue weighted by atomic mass is 10.1. The van der Waals surface area contributed by atoms with Crippen LogP contribution in [0.5, 0.6) is 0 Å². The average Bonchev–Trinajstić information content (AvgIpc) is 2.95. The molecule has 0 bridgehead atoms. The first-order valence-corrected chi connectivity index (χ1v) is 8.96. The molecule has 0 saturated carbocycles. The first-order valence-electron chi connectivity index (χ1n) is 8.08. The van der Waals surface area contributed by atoms with Crippen LogP contribution in [0.2, 0.25) is 0 Å². The summed E-state index contributed by atoms with van der Waals surface area (Å²) in [5.41, 5.74) is 0.968. The number of hydrogen-bond acceptors (Lipinski definition) is 6. The number of carbonyl (C=O) groups is 4. The van der Waals surface area contributed by atoms with Gasteiger partial charge in [-0.05, 0) is 36.0 Å². The molecule has 7 nitrogen and oxygen atoms in total. The molecule has 3 amide bonds. The fourth-order valence-electron chi connectivity index (χ4n) is 2.65. The maximum Gasteiger partial charge on any atom is 0.339 e. The Morgan fingerprint density at radius 2 is 1.74 bits per heavy atom. The lowest BCUT2D eigenvalue weighted by molar-refractivity contribution is -0.121. The van der Waals surface area contributed by atoms with Gasteiger partial charge >= 0.3 is 5.97 Å². The molecular weight excluding hydrogens is 368 g/mol. The Labute approximate surface area is 159 Å². The lowest BCUT2D eigenvalue weighted by Gasteiger charge is -2.14. The number of rotatable bonds is 5. The fraction of sp³-hybridized carbons (Fsp3) is 0.158. The van der Waals surface area contributed by atoms with Gasteiger partial charge in [0.05, 0.1) is 24.0 Å². The average molecular weight is 384 g/mol. The molecule has 27 heavy (non-hydrogen) atoms. The van der Waals surface area contributed by atoms with Gasteiger partial charge in [-0.2, -0.15) is 0 Å². The smallest absolute Gasteiger partial charge is 0.339 e. The highest BCUT2D eigenvalue weighted by atomic mass is 32.2. The molecular formula is C19H16N2O5S. The summed E-state index contributed by atoms with van der Waals surface area (Å²) in [5.74, 6) is -1.49. The van der Waals surface area contributed by atoms with Crippen LogP contribution >= 0.6 is 11.8 Å². The Balaban J connectivity index is 1.70. The van der Waals surface area contributed by atoms with E-state index in [4.69, 9.17) is 0 Å². The monoisotopic (exact) mass is 384 g/mol. The van der Waals surface area contributed by atoms with Gasteiger partial charge < -0.3 is 10.1 Å². The van der Waals surface area contributed by atoms with Crippen LogP contribution in [-0.2, 0) is 14.3 Å². The van der Waals surface area contributed by atoms with Crippen molar-refractivity contribution in [1.29, 1.82) is 0 Å². The van der Waals surface area contributed by atoms with E-state index in [-0.39, 0.29) is 17.7 Å². The highest BCUT2D eigenvalue weighted by molar-refractivity contribution is 8.15. The van der Waals surface area contributed by atoms with Crippen molar-refractivity contribution >= 4 is 46.2 Å². The van der Waals surface area contributed by atoms with Gasteiger partial charge in [-0.25, -0.2) is 9.69 Å². The number of amides is 3. The van der Waals surface area contributed by atoms with Crippen molar-refractivity contribution in [1.82, 2.24) is 0 Å². The third-order valence-electron chi connectivity index (χ3n) is 3.91. The van der Waals surface area contributed by atoms with Crippen LogP contribution in [-0.4, -0.2) is 35.4 Å². The van der Waals surface area contributed by atoms with Gasteiger partial charge in [-0.1, -0.05) is 30.3 Å². The molecule has 1 aliphatic heterocycles. The van der Waals surface area contributed by atoms with Crippen LogP contribution in [0.15, 0.2) is 54.6 Å². The van der Waals surface area contributed by atoms with Crippen LogP contribution in [0.3, 0.4) is 0 Å². The molecule has 0 unspecified atom stereocenters. The highest BCUT2D eigenvalue weighted by Crippen LogP contribution is 2.33. The number of imide groups is 1. The first kappa shape index (κ1) is 18.7. The molecule has 138 valence electrons. The molecule has 1 aliphatic rings. The van der Waals surface area contributed by atoms with E-state index in [0.29, 0.717) is 5.69 Å². The van der Waals surface area contributed by atoms with Crippen molar-refractivity contribution in [2.75, 3.05) is 17.3 Å². The Morgan fingerprint density at radius 3 is 2.44 bits per heavy atom. The van der Waals surface area contributed by atoms with Crippen LogP contribution < -0.4 is 10.2 Å². The quantitative estimate of drug-likeness (QED) is 0.797. The van der Waals surface area contributed by atoms with Crippen molar-refractivity contribution in [2.45, 2.75) is 11.7 Å². The highest BCUT2D eigenvalue weighted by Gasteiger charge is 2.41. The van der Waals surface area contributed by atoms with Crippen molar-refractivity contribution in [3.63, 3.8) is 0 Å². The van der Waals surface area contributed by atoms with Gasteiger partial charge in [0.15, 0.2) is 0 Å². The third-order valence-corrected chi connectivity index (χ3v) is 4.95. The van der Waals surface area contributed by atoms with E-state index in [1.165, 1.54) is 13.2 Å². The molecule has 8 heteroatoms. The minimum Gasteiger partial charge on any atom is -0.465 e. The molecule has 0 aromatic heterocycles. The van der Waals surface area contributed by atoms with Gasteiger partial charge in [0.1, 0.15) is 5.25 Å². The molecule has 0 spiro atoms. The minimum absolute atomic E-state index is 0.186. The number of ether oxygens (including phenoxy) is 1. The predicted molar refractivity (Wildman–Crippen MR) is 102 cm³/mol. The maximum atomic E-state index is 12.6. The number of esters is 1. The number of para-hydroxylation sites is 2. The van der Waals surface area contributed by atoms with Crippen LogP contribution in [0, 0.1) is 0 Å². The Kier molecular flexibility index (Phi) is 5.56. The summed E-state index contributed by atoms with van der Waals surface area (Å²) in [4.78, 5) is 50.0. The second kappa shape index (κ2) is 8.05. The topological polar surface area (TPSA) is 92.8 Å². The number of nitrogens with zero attached hydrogens (tertiary/aromatic N) is 1. The van der Waals surface area contributed by atoms with Gasteiger partial charge in [-0.15, -0.1) is 0 Å². The van der Waals surface area contributed by atoms with Gasteiger partial charge in [0, 0.05) is 6.42 Å². The van der Waals surface area contributed by atoms with E-state index in [1.54, 1.807) is 48.5 Å². The molecule has 1 atom stereocenters. The van der Waals surface area contributed by atoms with Crippen LogP contribution in [0.1, 0.15) is 16.8 Å².